The summed E-state index contributed by atoms with van der Waals surface area (Å²) in [6.45, 7) is 3.06. The minimum atomic E-state index is 0.866. The second-order valence-electron chi connectivity index (χ2n) is 5.19. The second-order valence-corrected chi connectivity index (χ2v) is 5.19. The van der Waals surface area contributed by atoms with E-state index in [4.69, 9.17) is 4.98 Å². The van der Waals surface area contributed by atoms with Crippen LogP contribution in [0.15, 0.2) is 60.7 Å². The first-order chi connectivity index (χ1) is 10.4. The van der Waals surface area contributed by atoms with Gasteiger partial charge >= 0.3 is 0 Å². The Kier molecular flexibility index (Phi) is 4.15. The second kappa shape index (κ2) is 6.40. The topological polar surface area (TPSA) is 17.8 Å². The van der Waals surface area contributed by atoms with Gasteiger partial charge in [0.25, 0.3) is 0 Å². The van der Waals surface area contributed by atoms with Crippen molar-refractivity contribution < 1.29 is 0 Å². The van der Waals surface area contributed by atoms with Crippen LogP contribution in [0.3, 0.4) is 0 Å². The maximum absolute atomic E-state index is 4.76. The maximum Gasteiger partial charge on any atom is 0.110 e. The molecule has 0 radical (unpaired) electrons. The molecular weight excluding hydrogens is 256 g/mol. The molecule has 0 aliphatic heterocycles. The van der Waals surface area contributed by atoms with Crippen LogP contribution in [0.2, 0.25) is 0 Å². The molecule has 0 aliphatic rings. The van der Waals surface area contributed by atoms with Crippen molar-refractivity contribution in [1.29, 1.82) is 0 Å². The molecule has 1 heterocycles. The number of imidazole rings is 1. The van der Waals surface area contributed by atoms with Crippen molar-refractivity contribution in [3.05, 3.63) is 72.1 Å². The van der Waals surface area contributed by atoms with Crippen molar-refractivity contribution in [2.75, 3.05) is 0 Å². The molecule has 0 spiro atoms. The Morgan fingerprint density at radius 2 is 1.76 bits per heavy atom. The molecule has 0 atom stereocenters. The van der Waals surface area contributed by atoms with Crippen LogP contribution in [0.25, 0.3) is 17.1 Å². The minimum Gasteiger partial charge on any atom is -0.324 e. The zero-order chi connectivity index (χ0) is 14.5. The standard InChI is InChI=1S/C19H20N2/c1-2-9-19-20-17-13-6-7-14-18(17)21(19)15-8-12-16-10-4-3-5-11-16/h3-8,10-14H,2,9,15H2,1H3/b12-8+. The molecule has 0 N–H and O–H groups in total. The lowest BCUT2D eigenvalue weighted by atomic mass is 10.2. The first-order valence-electron chi connectivity index (χ1n) is 7.54. The van der Waals surface area contributed by atoms with Gasteiger partial charge in [0, 0.05) is 13.0 Å². The fourth-order valence-electron chi connectivity index (χ4n) is 2.60. The van der Waals surface area contributed by atoms with Crippen molar-refractivity contribution in [2.24, 2.45) is 0 Å². The van der Waals surface area contributed by atoms with Crippen LogP contribution in [0, 0.1) is 0 Å². The number of hydrogen-bond donors (Lipinski definition) is 0. The smallest absolute Gasteiger partial charge is 0.110 e. The highest BCUT2D eigenvalue weighted by Crippen LogP contribution is 2.17. The number of hydrogen-bond acceptors (Lipinski definition) is 1. The van der Waals surface area contributed by atoms with Crippen LogP contribution in [-0.2, 0) is 13.0 Å². The molecule has 0 unspecified atom stereocenters. The SMILES string of the molecule is CCCc1nc2ccccc2n1C/C=C/c1ccccc1. The van der Waals surface area contributed by atoms with E-state index >= 15 is 0 Å². The molecule has 0 fully saturated rings. The van der Waals surface area contributed by atoms with Gasteiger partial charge in [0.15, 0.2) is 0 Å². The third-order valence-corrected chi connectivity index (χ3v) is 3.61. The van der Waals surface area contributed by atoms with Crippen molar-refractivity contribution in [1.82, 2.24) is 9.55 Å². The van der Waals surface area contributed by atoms with Gasteiger partial charge in [-0.1, -0.05) is 61.5 Å². The van der Waals surface area contributed by atoms with Gasteiger partial charge in [-0.2, -0.15) is 0 Å². The van der Waals surface area contributed by atoms with Crippen LogP contribution >= 0.6 is 0 Å². The van der Waals surface area contributed by atoms with E-state index in [0.29, 0.717) is 0 Å². The first-order valence-corrected chi connectivity index (χ1v) is 7.54. The van der Waals surface area contributed by atoms with Crippen molar-refractivity contribution in [2.45, 2.75) is 26.3 Å². The molecule has 106 valence electrons. The summed E-state index contributed by atoms with van der Waals surface area (Å²) in [4.78, 5) is 4.76. The summed E-state index contributed by atoms with van der Waals surface area (Å²) < 4.78 is 2.32. The number of para-hydroxylation sites is 2. The Morgan fingerprint density at radius 1 is 1.00 bits per heavy atom. The predicted octanol–water partition coefficient (Wildman–Crippen LogP) is 4.70. The lowest BCUT2D eigenvalue weighted by molar-refractivity contribution is 0.734. The Hall–Kier alpha value is -2.35. The van der Waals surface area contributed by atoms with E-state index < -0.39 is 0 Å². The van der Waals surface area contributed by atoms with Gasteiger partial charge < -0.3 is 4.57 Å². The van der Waals surface area contributed by atoms with Gasteiger partial charge in [-0.15, -0.1) is 0 Å². The number of benzene rings is 2. The van der Waals surface area contributed by atoms with E-state index in [1.165, 1.54) is 16.9 Å². The highest BCUT2D eigenvalue weighted by Gasteiger charge is 2.07. The van der Waals surface area contributed by atoms with Crippen LogP contribution in [0.1, 0.15) is 24.7 Å². The lowest BCUT2D eigenvalue weighted by Gasteiger charge is -2.05. The van der Waals surface area contributed by atoms with Crippen molar-refractivity contribution in [3.8, 4) is 0 Å². The number of aromatic nitrogens is 2. The van der Waals surface area contributed by atoms with Crippen molar-refractivity contribution >= 4 is 17.1 Å². The zero-order valence-corrected chi connectivity index (χ0v) is 12.4. The van der Waals surface area contributed by atoms with E-state index in [-0.39, 0.29) is 0 Å². The van der Waals surface area contributed by atoms with Gasteiger partial charge in [0.1, 0.15) is 5.82 Å². The third-order valence-electron chi connectivity index (χ3n) is 3.61. The molecule has 0 saturated carbocycles. The highest BCUT2D eigenvalue weighted by molar-refractivity contribution is 5.76. The highest BCUT2D eigenvalue weighted by atomic mass is 15.1. The van der Waals surface area contributed by atoms with E-state index in [9.17, 15) is 0 Å². The molecule has 2 heteroatoms. The third kappa shape index (κ3) is 3.05. The van der Waals surface area contributed by atoms with E-state index in [1.807, 2.05) is 6.07 Å². The fourth-order valence-corrected chi connectivity index (χ4v) is 2.60. The molecule has 0 amide bonds. The van der Waals surface area contributed by atoms with Crippen LogP contribution in [0.4, 0.5) is 0 Å². The van der Waals surface area contributed by atoms with Crippen LogP contribution in [0.5, 0.6) is 0 Å². The summed E-state index contributed by atoms with van der Waals surface area (Å²) in [7, 11) is 0. The van der Waals surface area contributed by atoms with Crippen molar-refractivity contribution in [3.63, 3.8) is 0 Å². The zero-order valence-electron chi connectivity index (χ0n) is 12.4. The molecule has 2 nitrogen and oxygen atoms in total. The molecule has 3 aromatic rings. The summed E-state index contributed by atoms with van der Waals surface area (Å²) >= 11 is 0. The minimum absolute atomic E-state index is 0.866. The predicted molar refractivity (Wildman–Crippen MR) is 89.2 cm³/mol. The van der Waals surface area contributed by atoms with Gasteiger partial charge in [-0.3, -0.25) is 0 Å². The number of allylic oxidation sites excluding steroid dienone is 1. The Balaban J connectivity index is 1.88. The van der Waals surface area contributed by atoms with Gasteiger partial charge in [0.05, 0.1) is 11.0 Å². The molecular formula is C19H20N2. The Morgan fingerprint density at radius 3 is 2.57 bits per heavy atom. The number of fused-ring (bicyclic) bond motifs is 1. The Bertz CT molecular complexity index is 739. The molecule has 0 saturated heterocycles. The molecule has 3 rings (SSSR count). The van der Waals surface area contributed by atoms with E-state index in [1.54, 1.807) is 0 Å². The average Bonchev–Trinajstić information content (AvgIpc) is 2.87. The maximum atomic E-state index is 4.76. The summed E-state index contributed by atoms with van der Waals surface area (Å²) in [6.07, 6.45) is 6.52. The summed E-state index contributed by atoms with van der Waals surface area (Å²) in [5, 5.41) is 0. The van der Waals surface area contributed by atoms with Gasteiger partial charge in [0.2, 0.25) is 0 Å². The van der Waals surface area contributed by atoms with Crippen LogP contribution < -0.4 is 0 Å². The number of nitrogens with zero attached hydrogens (tertiary/aromatic N) is 2. The average molecular weight is 276 g/mol. The summed E-state index contributed by atoms with van der Waals surface area (Å²) in [5.41, 5.74) is 3.55. The Labute approximate surface area is 125 Å². The lowest BCUT2D eigenvalue weighted by Crippen LogP contribution is -2.02. The molecule has 2 aromatic carbocycles. The summed E-state index contributed by atoms with van der Waals surface area (Å²) in [6, 6.07) is 18.8. The monoisotopic (exact) mass is 276 g/mol. The normalized spacial score (nSPS) is 11.5. The van der Waals surface area contributed by atoms with E-state index in [2.05, 4.69) is 72.2 Å². The van der Waals surface area contributed by atoms with Gasteiger partial charge in [-0.05, 0) is 24.1 Å². The van der Waals surface area contributed by atoms with E-state index in [0.717, 1.165) is 24.9 Å². The van der Waals surface area contributed by atoms with Gasteiger partial charge in [-0.25, -0.2) is 4.98 Å². The van der Waals surface area contributed by atoms with Crippen LogP contribution in [-0.4, -0.2) is 9.55 Å². The molecule has 1 aromatic heterocycles. The summed E-state index contributed by atoms with van der Waals surface area (Å²) in [5.74, 6) is 1.18. The fraction of sp³-hybridized carbons (Fsp3) is 0.211. The first kappa shape index (κ1) is 13.6. The number of rotatable bonds is 5. The quantitative estimate of drug-likeness (QED) is 0.660. The number of aryl methyl sites for hydroxylation is 1. The molecule has 0 aliphatic carbocycles. The molecule has 0 bridgehead atoms. The molecule has 21 heavy (non-hydrogen) atoms. The largest absolute Gasteiger partial charge is 0.324 e.